The average Bonchev–Trinajstić information content (AvgIpc) is 2.82. The normalized spacial score (nSPS) is 12.5. The molecule has 0 spiro atoms. The van der Waals surface area contributed by atoms with Gasteiger partial charge in [-0.2, -0.15) is 13.2 Å². The van der Waals surface area contributed by atoms with Gasteiger partial charge in [0.2, 0.25) is 0 Å². The van der Waals surface area contributed by atoms with Crippen molar-refractivity contribution in [3.05, 3.63) is 91.6 Å². The summed E-state index contributed by atoms with van der Waals surface area (Å²) < 4.78 is 61.5. The summed E-state index contributed by atoms with van der Waals surface area (Å²) in [5, 5.41) is 11.9. The molecule has 0 fully saturated rings. The van der Waals surface area contributed by atoms with E-state index < -0.39 is 40.7 Å². The van der Waals surface area contributed by atoms with E-state index in [1.807, 2.05) is 0 Å². The lowest BCUT2D eigenvalue weighted by Crippen LogP contribution is -2.16. The molecule has 0 saturated heterocycles. The summed E-state index contributed by atoms with van der Waals surface area (Å²) in [6.07, 6.45) is -4.78. The van der Waals surface area contributed by atoms with Crippen molar-refractivity contribution < 1.29 is 31.9 Å². The second kappa shape index (κ2) is 9.51. The van der Waals surface area contributed by atoms with Gasteiger partial charge in [0.05, 0.1) is 22.7 Å². The number of pyridine rings is 1. The minimum Gasteiger partial charge on any atom is -0.476 e. The Bertz CT molecular complexity index is 1620. The highest BCUT2D eigenvalue weighted by atomic mass is 35.5. The van der Waals surface area contributed by atoms with Crippen LogP contribution in [0.4, 0.5) is 23.2 Å². The number of carboxylic acid groups (broad SMARTS) is 1. The second-order valence-electron chi connectivity index (χ2n) is 8.49. The smallest absolute Gasteiger partial charge is 0.416 e. The van der Waals surface area contributed by atoms with Crippen LogP contribution in [-0.4, -0.2) is 16.1 Å². The van der Waals surface area contributed by atoms with Gasteiger partial charge in [-0.05, 0) is 56.7 Å². The van der Waals surface area contributed by atoms with E-state index in [0.29, 0.717) is 11.6 Å². The molecule has 37 heavy (non-hydrogen) atoms. The van der Waals surface area contributed by atoms with Crippen molar-refractivity contribution in [2.24, 2.45) is 0 Å². The fraction of sp³-hybridized carbons (Fsp3) is 0.192. The van der Waals surface area contributed by atoms with Gasteiger partial charge < -0.3 is 14.8 Å². The zero-order valence-corrected chi connectivity index (χ0v) is 20.4. The van der Waals surface area contributed by atoms with E-state index in [-0.39, 0.29) is 44.3 Å². The topological polar surface area (TPSA) is 92.4 Å². The molecule has 4 rings (SSSR count). The summed E-state index contributed by atoms with van der Waals surface area (Å²) in [5.74, 6) is -1.94. The fourth-order valence-electron chi connectivity index (χ4n) is 3.94. The average molecular weight is 535 g/mol. The predicted octanol–water partition coefficient (Wildman–Crippen LogP) is 7.15. The maximum atomic E-state index is 14.3. The van der Waals surface area contributed by atoms with Crippen molar-refractivity contribution in [2.45, 2.75) is 33.0 Å². The van der Waals surface area contributed by atoms with Gasteiger partial charge in [0, 0.05) is 16.7 Å². The number of hydrogen-bond acceptors (Lipinski definition) is 5. The lowest BCUT2D eigenvalue weighted by Gasteiger charge is -2.20. The summed E-state index contributed by atoms with van der Waals surface area (Å²) >= 11 is 5.79. The standard InChI is InChI=1S/C26H19ClF4N2O4/c1-11-4-5-14(8-18(11)28)23-12(2)22(34)17-10-15(26(29,30)31)9-16(24(17)37-23)13(3)32-19-6-7-20(27)33-21(19)25(35)36/h4-10,13,32H,1-3H3,(H,35,36). The van der Waals surface area contributed by atoms with Gasteiger partial charge in [-0.25, -0.2) is 14.2 Å². The molecule has 0 bridgehead atoms. The van der Waals surface area contributed by atoms with Gasteiger partial charge in [-0.3, -0.25) is 4.79 Å². The number of carbonyl (C=O) groups is 1. The second-order valence-corrected chi connectivity index (χ2v) is 8.88. The van der Waals surface area contributed by atoms with Crippen LogP contribution in [0.25, 0.3) is 22.3 Å². The maximum Gasteiger partial charge on any atom is 0.416 e. The number of aromatic carboxylic acids is 1. The summed E-state index contributed by atoms with van der Waals surface area (Å²) in [6.45, 7) is 4.42. The highest BCUT2D eigenvalue weighted by molar-refractivity contribution is 6.29. The molecule has 192 valence electrons. The van der Waals surface area contributed by atoms with Crippen LogP contribution in [0.15, 0.2) is 51.7 Å². The number of nitrogens with zero attached hydrogens (tertiary/aromatic N) is 1. The van der Waals surface area contributed by atoms with Crippen LogP contribution in [0.3, 0.4) is 0 Å². The van der Waals surface area contributed by atoms with Crippen molar-refractivity contribution >= 4 is 34.2 Å². The molecule has 0 aliphatic heterocycles. The molecule has 1 unspecified atom stereocenters. The Balaban J connectivity index is 1.97. The quantitative estimate of drug-likeness (QED) is 0.208. The van der Waals surface area contributed by atoms with Crippen molar-refractivity contribution in [3.63, 3.8) is 0 Å². The molecule has 2 aromatic heterocycles. The van der Waals surface area contributed by atoms with Crippen LogP contribution in [-0.2, 0) is 6.18 Å². The molecule has 2 aromatic carbocycles. The molecule has 2 heterocycles. The maximum absolute atomic E-state index is 14.3. The number of halogens is 5. The summed E-state index contributed by atoms with van der Waals surface area (Å²) in [5.41, 5.74) is -1.86. The van der Waals surface area contributed by atoms with Crippen LogP contribution in [0.2, 0.25) is 5.15 Å². The molecular formula is C26H19ClF4N2O4. The highest BCUT2D eigenvalue weighted by Gasteiger charge is 2.33. The Hall–Kier alpha value is -3.92. The Kier molecular flexibility index (Phi) is 6.72. The largest absolute Gasteiger partial charge is 0.476 e. The lowest BCUT2D eigenvalue weighted by atomic mass is 9.97. The number of carboxylic acids is 1. The van der Waals surface area contributed by atoms with Crippen LogP contribution < -0.4 is 10.7 Å². The Morgan fingerprint density at radius 3 is 2.46 bits per heavy atom. The van der Waals surface area contributed by atoms with E-state index in [0.717, 1.165) is 6.07 Å². The summed E-state index contributed by atoms with van der Waals surface area (Å²) in [7, 11) is 0. The molecule has 2 N–H and O–H groups in total. The number of aromatic nitrogens is 1. The van der Waals surface area contributed by atoms with Crippen LogP contribution in [0.1, 0.15) is 45.7 Å². The molecule has 0 radical (unpaired) electrons. The number of nitrogens with one attached hydrogen (secondary N) is 1. The Morgan fingerprint density at radius 2 is 1.84 bits per heavy atom. The first-order chi connectivity index (χ1) is 17.3. The van der Waals surface area contributed by atoms with E-state index in [9.17, 15) is 32.3 Å². The zero-order valence-electron chi connectivity index (χ0n) is 19.6. The summed E-state index contributed by atoms with van der Waals surface area (Å²) in [6, 6.07) is 7.40. The molecule has 1 atom stereocenters. The van der Waals surface area contributed by atoms with Crippen LogP contribution >= 0.6 is 11.6 Å². The van der Waals surface area contributed by atoms with Crippen LogP contribution in [0, 0.1) is 19.7 Å². The van der Waals surface area contributed by atoms with Gasteiger partial charge in [0.15, 0.2) is 11.1 Å². The van der Waals surface area contributed by atoms with Crippen molar-refractivity contribution in [1.29, 1.82) is 0 Å². The number of rotatable bonds is 5. The lowest BCUT2D eigenvalue weighted by molar-refractivity contribution is -0.137. The first kappa shape index (κ1) is 26.2. The van der Waals surface area contributed by atoms with Crippen molar-refractivity contribution in [3.8, 4) is 11.3 Å². The van der Waals surface area contributed by atoms with E-state index in [2.05, 4.69) is 10.3 Å². The molecular weight excluding hydrogens is 516 g/mol. The minimum atomic E-state index is -4.78. The number of benzene rings is 2. The molecule has 11 heteroatoms. The van der Waals surface area contributed by atoms with Gasteiger partial charge in [0.1, 0.15) is 22.3 Å². The third kappa shape index (κ3) is 5.01. The monoisotopic (exact) mass is 534 g/mol. The molecule has 0 saturated carbocycles. The molecule has 4 aromatic rings. The van der Waals surface area contributed by atoms with E-state index >= 15 is 0 Å². The van der Waals surface area contributed by atoms with Gasteiger partial charge in [-0.15, -0.1) is 0 Å². The molecule has 0 amide bonds. The first-order valence-electron chi connectivity index (χ1n) is 10.9. The van der Waals surface area contributed by atoms with Gasteiger partial charge in [-0.1, -0.05) is 23.7 Å². The molecule has 6 nitrogen and oxygen atoms in total. The highest BCUT2D eigenvalue weighted by Crippen LogP contribution is 2.37. The number of alkyl halides is 3. The third-order valence-electron chi connectivity index (χ3n) is 5.91. The Morgan fingerprint density at radius 1 is 1.14 bits per heavy atom. The minimum absolute atomic E-state index is 0.00370. The first-order valence-corrected chi connectivity index (χ1v) is 11.3. The number of hydrogen-bond donors (Lipinski definition) is 2. The number of anilines is 1. The zero-order chi connectivity index (χ0) is 27.2. The van der Waals surface area contributed by atoms with E-state index in [1.165, 1.54) is 38.1 Å². The van der Waals surface area contributed by atoms with E-state index in [1.54, 1.807) is 13.0 Å². The Labute approximate surface area is 212 Å². The molecule has 0 aliphatic carbocycles. The van der Waals surface area contributed by atoms with Crippen molar-refractivity contribution in [1.82, 2.24) is 4.98 Å². The van der Waals surface area contributed by atoms with Gasteiger partial charge >= 0.3 is 12.1 Å². The number of fused-ring (bicyclic) bond motifs is 1. The SMILES string of the molecule is Cc1ccc(-c2oc3c(C(C)Nc4ccc(Cl)nc4C(=O)O)cc(C(F)(F)F)cc3c(=O)c2C)cc1F. The van der Waals surface area contributed by atoms with E-state index in [4.69, 9.17) is 16.0 Å². The third-order valence-corrected chi connectivity index (χ3v) is 6.12. The number of aryl methyl sites for hydroxylation is 1. The predicted molar refractivity (Wildman–Crippen MR) is 131 cm³/mol. The van der Waals surface area contributed by atoms with Crippen molar-refractivity contribution in [2.75, 3.05) is 5.32 Å². The summed E-state index contributed by atoms with van der Waals surface area (Å²) in [4.78, 5) is 28.6. The molecule has 0 aliphatic rings. The fourth-order valence-corrected chi connectivity index (χ4v) is 4.09. The van der Waals surface area contributed by atoms with Crippen LogP contribution in [0.5, 0.6) is 0 Å². The van der Waals surface area contributed by atoms with Gasteiger partial charge in [0.25, 0.3) is 0 Å².